The number of rotatable bonds is 4. The third-order valence-corrected chi connectivity index (χ3v) is 3.08. The number of thioether (sulfide) groups is 1. The average Bonchev–Trinajstić information content (AvgIpc) is 2.19. The van der Waals surface area contributed by atoms with Crippen LogP contribution in [0.5, 0.6) is 0 Å². The van der Waals surface area contributed by atoms with Crippen molar-refractivity contribution in [3.63, 3.8) is 0 Å². The van der Waals surface area contributed by atoms with E-state index in [1.165, 1.54) is 10.5 Å². The Hall–Kier alpha value is -0.870. The first-order valence-corrected chi connectivity index (χ1v) is 5.89. The van der Waals surface area contributed by atoms with Gasteiger partial charge in [-0.2, -0.15) is 0 Å². The van der Waals surface area contributed by atoms with Crippen molar-refractivity contribution >= 4 is 11.8 Å². The van der Waals surface area contributed by atoms with Crippen LogP contribution < -0.4 is 0 Å². The van der Waals surface area contributed by atoms with Crippen LogP contribution in [0.1, 0.15) is 31.7 Å². The molecule has 1 heteroatoms. The molecule has 0 radical (unpaired) electrons. The van der Waals surface area contributed by atoms with Gasteiger partial charge in [-0.15, -0.1) is 24.1 Å². The third kappa shape index (κ3) is 3.47. The molecule has 0 aromatic heterocycles. The minimum atomic E-state index is 0.611. The molecule has 0 unspecified atom stereocenters. The molecule has 0 spiro atoms. The van der Waals surface area contributed by atoms with Gasteiger partial charge in [0.1, 0.15) is 0 Å². The minimum Gasteiger partial charge on any atom is -0.125 e. The molecule has 0 bridgehead atoms. The van der Waals surface area contributed by atoms with E-state index in [1.54, 1.807) is 0 Å². The molecule has 0 saturated carbocycles. The second kappa shape index (κ2) is 5.78. The number of hydrogen-bond acceptors (Lipinski definition) is 1. The first-order valence-electron chi connectivity index (χ1n) is 4.90. The zero-order valence-corrected chi connectivity index (χ0v) is 9.60. The van der Waals surface area contributed by atoms with Crippen LogP contribution in [0.2, 0.25) is 0 Å². The minimum absolute atomic E-state index is 0.611. The highest BCUT2D eigenvalue weighted by Gasteiger charge is 1.98. The molecule has 1 aromatic rings. The zero-order valence-electron chi connectivity index (χ0n) is 8.79. The second-order valence-electron chi connectivity index (χ2n) is 3.53. The molecule has 0 saturated heterocycles. The van der Waals surface area contributed by atoms with E-state index in [2.05, 4.69) is 44.0 Å². The molecule has 0 aliphatic heterocycles. The molecule has 0 aliphatic rings. The van der Waals surface area contributed by atoms with Crippen LogP contribution in [0.4, 0.5) is 0 Å². The quantitative estimate of drug-likeness (QED) is 0.407. The van der Waals surface area contributed by atoms with E-state index in [0.29, 0.717) is 5.92 Å². The maximum Gasteiger partial charge on any atom is 0.0180 e. The van der Waals surface area contributed by atoms with Gasteiger partial charge < -0.3 is 0 Å². The summed E-state index contributed by atoms with van der Waals surface area (Å²) in [6, 6.07) is 8.75. The Kier molecular flexibility index (Phi) is 4.62. The van der Waals surface area contributed by atoms with Crippen molar-refractivity contribution in [1.82, 2.24) is 0 Å². The van der Waals surface area contributed by atoms with Gasteiger partial charge in [-0.3, -0.25) is 0 Å². The average molecular weight is 204 g/mol. The summed E-state index contributed by atoms with van der Waals surface area (Å²) in [5.41, 5.74) is 1.39. The van der Waals surface area contributed by atoms with Crippen molar-refractivity contribution in [2.24, 2.45) is 0 Å². The zero-order chi connectivity index (χ0) is 10.4. The van der Waals surface area contributed by atoms with Crippen LogP contribution in [-0.4, -0.2) is 5.75 Å². The molecule has 74 valence electrons. The summed E-state index contributed by atoms with van der Waals surface area (Å²) >= 11 is 1.82. The Bertz CT molecular complexity index is 303. The first kappa shape index (κ1) is 11.2. The molecule has 0 aliphatic carbocycles. The highest BCUT2D eigenvalue weighted by molar-refractivity contribution is 7.99. The summed E-state index contributed by atoms with van der Waals surface area (Å²) in [7, 11) is 0. The lowest BCUT2D eigenvalue weighted by Gasteiger charge is -2.05. The molecular formula is C13H16S. The van der Waals surface area contributed by atoms with E-state index in [-0.39, 0.29) is 0 Å². The molecule has 0 fully saturated rings. The molecule has 0 N–H and O–H groups in total. The van der Waals surface area contributed by atoms with E-state index in [4.69, 9.17) is 6.42 Å². The molecule has 0 nitrogen and oxygen atoms in total. The van der Waals surface area contributed by atoms with E-state index in [0.717, 1.165) is 12.2 Å². The van der Waals surface area contributed by atoms with Crippen LogP contribution in [0.3, 0.4) is 0 Å². The smallest absolute Gasteiger partial charge is 0.0180 e. The topological polar surface area (TPSA) is 0 Å². The second-order valence-corrected chi connectivity index (χ2v) is 4.69. The maximum absolute atomic E-state index is 5.19. The SMILES string of the molecule is C#CCCSc1ccc(C(C)C)cc1. The monoisotopic (exact) mass is 204 g/mol. The van der Waals surface area contributed by atoms with Crippen molar-refractivity contribution in [3.8, 4) is 12.3 Å². The van der Waals surface area contributed by atoms with Crippen LogP contribution in [0, 0.1) is 12.3 Å². The summed E-state index contributed by atoms with van der Waals surface area (Å²) in [5.74, 6) is 4.27. The molecular weight excluding hydrogens is 188 g/mol. The summed E-state index contributed by atoms with van der Waals surface area (Å²) in [6.45, 7) is 4.42. The van der Waals surface area contributed by atoms with Gasteiger partial charge in [-0.25, -0.2) is 0 Å². The Morgan fingerprint density at radius 3 is 2.43 bits per heavy atom. The Labute approximate surface area is 91.1 Å². The summed E-state index contributed by atoms with van der Waals surface area (Å²) in [4.78, 5) is 1.31. The standard InChI is InChI=1S/C13H16S/c1-4-5-10-14-13-8-6-12(7-9-13)11(2)3/h1,6-9,11H,5,10H2,2-3H3. The van der Waals surface area contributed by atoms with Crippen molar-refractivity contribution in [1.29, 1.82) is 0 Å². The van der Waals surface area contributed by atoms with E-state index >= 15 is 0 Å². The number of benzene rings is 1. The molecule has 14 heavy (non-hydrogen) atoms. The summed E-state index contributed by atoms with van der Waals surface area (Å²) in [5, 5.41) is 0. The predicted octanol–water partition coefficient (Wildman–Crippen LogP) is 3.93. The van der Waals surface area contributed by atoms with Crippen LogP contribution in [0.25, 0.3) is 0 Å². The Morgan fingerprint density at radius 2 is 1.93 bits per heavy atom. The summed E-state index contributed by atoms with van der Waals surface area (Å²) in [6.07, 6.45) is 6.04. The predicted molar refractivity (Wildman–Crippen MR) is 64.7 cm³/mol. The highest BCUT2D eigenvalue weighted by Crippen LogP contribution is 2.21. The Morgan fingerprint density at radius 1 is 1.29 bits per heavy atom. The van der Waals surface area contributed by atoms with Crippen molar-refractivity contribution < 1.29 is 0 Å². The first-order chi connectivity index (χ1) is 6.74. The van der Waals surface area contributed by atoms with Gasteiger partial charge in [0.05, 0.1) is 0 Å². The normalized spacial score (nSPS) is 10.1. The fourth-order valence-corrected chi connectivity index (χ4v) is 1.96. The largest absolute Gasteiger partial charge is 0.125 e. The van der Waals surface area contributed by atoms with Crippen molar-refractivity contribution in [2.75, 3.05) is 5.75 Å². The van der Waals surface area contributed by atoms with Crippen LogP contribution in [-0.2, 0) is 0 Å². The molecule has 1 rings (SSSR count). The van der Waals surface area contributed by atoms with Gasteiger partial charge in [0, 0.05) is 17.1 Å². The third-order valence-electron chi connectivity index (χ3n) is 2.06. The van der Waals surface area contributed by atoms with Crippen LogP contribution in [0.15, 0.2) is 29.2 Å². The lowest BCUT2D eigenvalue weighted by Crippen LogP contribution is -1.86. The van der Waals surface area contributed by atoms with Gasteiger partial charge >= 0.3 is 0 Å². The number of terminal acetylenes is 1. The van der Waals surface area contributed by atoms with E-state index in [9.17, 15) is 0 Å². The van der Waals surface area contributed by atoms with Gasteiger partial charge in [0.2, 0.25) is 0 Å². The fourth-order valence-electron chi connectivity index (χ4n) is 1.18. The van der Waals surface area contributed by atoms with Crippen molar-refractivity contribution in [3.05, 3.63) is 29.8 Å². The fraction of sp³-hybridized carbons (Fsp3) is 0.385. The van der Waals surface area contributed by atoms with Gasteiger partial charge in [0.15, 0.2) is 0 Å². The summed E-state index contributed by atoms with van der Waals surface area (Å²) < 4.78 is 0. The lowest BCUT2D eigenvalue weighted by molar-refractivity contribution is 0.865. The lowest BCUT2D eigenvalue weighted by atomic mass is 10.0. The Balaban J connectivity index is 2.52. The molecule has 0 atom stereocenters. The van der Waals surface area contributed by atoms with Gasteiger partial charge in [0.25, 0.3) is 0 Å². The molecule has 0 heterocycles. The number of hydrogen-bond donors (Lipinski definition) is 0. The van der Waals surface area contributed by atoms with Crippen LogP contribution >= 0.6 is 11.8 Å². The maximum atomic E-state index is 5.19. The van der Waals surface area contributed by atoms with Crippen molar-refractivity contribution in [2.45, 2.75) is 31.1 Å². The molecule has 0 amide bonds. The molecule has 1 aromatic carbocycles. The highest BCUT2D eigenvalue weighted by atomic mass is 32.2. The van der Waals surface area contributed by atoms with E-state index in [1.807, 2.05) is 11.8 Å². The van der Waals surface area contributed by atoms with Gasteiger partial charge in [-0.1, -0.05) is 26.0 Å². The van der Waals surface area contributed by atoms with E-state index < -0.39 is 0 Å². The van der Waals surface area contributed by atoms with Gasteiger partial charge in [-0.05, 0) is 23.6 Å².